The summed E-state index contributed by atoms with van der Waals surface area (Å²) in [6.07, 6.45) is 0. The number of H-pyrrole nitrogens is 1. The second kappa shape index (κ2) is 9.53. The van der Waals surface area contributed by atoms with Crippen molar-refractivity contribution in [2.75, 3.05) is 0 Å². The summed E-state index contributed by atoms with van der Waals surface area (Å²) in [5, 5.41) is 11.3. The Hall–Kier alpha value is -6.04. The SMILES string of the molecule is C[Si]1(C)c2ccccc2-c2c1ccc1c(-c3ccccc3)nc(-n3c4ccccc4c4c5ccccc5c5c6ccccc6[nH]c5c43)nc21. The zero-order chi connectivity index (χ0) is 32.4. The molecular weight excluding hydrogens is 613 g/mol. The standard InChI is InChI=1S/C44H30N4Si/c1-49(2)35-23-13-10-20-31(35)39-36(49)25-24-32-40(26-14-4-3-5-15-26)46-44(47-41(32)39)48-34-22-12-9-19-30(34)38-28-17-7-6-16-27(28)37-29-18-8-11-21-33(29)45-42(37)43(38)48/h3-25,45H,1-2H3. The lowest BCUT2D eigenvalue weighted by Crippen LogP contribution is -2.49. The summed E-state index contributed by atoms with van der Waals surface area (Å²) >= 11 is 0. The Bertz CT molecular complexity index is 3020. The van der Waals surface area contributed by atoms with Gasteiger partial charge in [0.15, 0.2) is 0 Å². The van der Waals surface area contributed by atoms with Gasteiger partial charge < -0.3 is 4.98 Å². The fourth-order valence-electron chi connectivity index (χ4n) is 8.76. The number of aromatic nitrogens is 4. The van der Waals surface area contributed by atoms with Crippen LogP contribution in [-0.2, 0) is 0 Å². The Morgan fingerprint density at radius 3 is 2.06 bits per heavy atom. The van der Waals surface area contributed by atoms with Gasteiger partial charge in [0.05, 0.1) is 27.8 Å². The van der Waals surface area contributed by atoms with Crippen LogP contribution < -0.4 is 10.4 Å². The summed E-state index contributed by atoms with van der Waals surface area (Å²) in [5.74, 6) is 0.685. The third-order valence-corrected chi connectivity index (χ3v) is 14.5. The average Bonchev–Trinajstić information content (AvgIpc) is 3.78. The lowest BCUT2D eigenvalue weighted by molar-refractivity contribution is 1.02. The van der Waals surface area contributed by atoms with Crippen LogP contribution in [0.15, 0.2) is 140 Å². The van der Waals surface area contributed by atoms with E-state index in [1.54, 1.807) is 0 Å². The molecule has 3 aromatic heterocycles. The van der Waals surface area contributed by atoms with Gasteiger partial charge in [-0.3, -0.25) is 4.57 Å². The van der Waals surface area contributed by atoms with E-state index in [1.807, 2.05) is 0 Å². The van der Waals surface area contributed by atoms with Crippen LogP contribution in [-0.4, -0.2) is 27.6 Å². The number of hydrogen-bond donors (Lipinski definition) is 1. The highest BCUT2D eigenvalue weighted by molar-refractivity contribution is 7.04. The second-order valence-corrected chi connectivity index (χ2v) is 18.2. The van der Waals surface area contributed by atoms with Gasteiger partial charge in [-0.25, -0.2) is 9.97 Å². The summed E-state index contributed by atoms with van der Waals surface area (Å²) in [6.45, 7) is 4.93. The summed E-state index contributed by atoms with van der Waals surface area (Å²) in [6, 6.07) is 50.4. The van der Waals surface area contributed by atoms with Gasteiger partial charge in [0.25, 0.3) is 0 Å². The quantitative estimate of drug-likeness (QED) is 0.191. The monoisotopic (exact) mass is 642 g/mol. The predicted octanol–water partition coefficient (Wildman–Crippen LogP) is 9.98. The van der Waals surface area contributed by atoms with Gasteiger partial charge in [-0.2, -0.15) is 0 Å². The zero-order valence-corrected chi connectivity index (χ0v) is 28.1. The van der Waals surface area contributed by atoms with E-state index in [1.165, 1.54) is 53.8 Å². The van der Waals surface area contributed by atoms with Crippen LogP contribution in [0.1, 0.15) is 0 Å². The zero-order valence-electron chi connectivity index (χ0n) is 27.1. The maximum atomic E-state index is 5.64. The number of benzene rings is 7. The molecular formula is C44H30N4Si. The van der Waals surface area contributed by atoms with Crippen molar-refractivity contribution in [3.63, 3.8) is 0 Å². The van der Waals surface area contributed by atoms with Crippen LogP contribution in [0.3, 0.4) is 0 Å². The molecule has 0 saturated heterocycles. The van der Waals surface area contributed by atoms with Crippen molar-refractivity contribution in [1.82, 2.24) is 19.5 Å². The molecule has 0 radical (unpaired) electrons. The second-order valence-electron chi connectivity index (χ2n) is 13.8. The molecule has 1 N–H and O–H groups in total. The van der Waals surface area contributed by atoms with Crippen molar-refractivity contribution in [2.45, 2.75) is 13.1 Å². The van der Waals surface area contributed by atoms with Crippen LogP contribution in [0, 0.1) is 0 Å². The van der Waals surface area contributed by atoms with Gasteiger partial charge in [-0.15, -0.1) is 0 Å². The Labute approximate surface area is 283 Å². The summed E-state index contributed by atoms with van der Waals surface area (Å²) in [7, 11) is -1.92. The topological polar surface area (TPSA) is 46.5 Å². The van der Waals surface area contributed by atoms with Crippen LogP contribution >= 0.6 is 0 Å². The van der Waals surface area contributed by atoms with Gasteiger partial charge in [-0.1, -0.05) is 140 Å². The first-order valence-corrected chi connectivity index (χ1v) is 19.9. The van der Waals surface area contributed by atoms with Crippen LogP contribution in [0.4, 0.5) is 0 Å². The lowest BCUT2D eigenvalue weighted by atomic mass is 9.98. The molecule has 0 fully saturated rings. The van der Waals surface area contributed by atoms with Crippen molar-refractivity contribution in [1.29, 1.82) is 0 Å². The maximum absolute atomic E-state index is 5.64. The lowest BCUT2D eigenvalue weighted by Gasteiger charge is -2.19. The molecule has 1 aliphatic heterocycles. The van der Waals surface area contributed by atoms with E-state index >= 15 is 0 Å². The van der Waals surface area contributed by atoms with Gasteiger partial charge in [0.1, 0.15) is 8.07 Å². The highest BCUT2D eigenvalue weighted by Crippen LogP contribution is 2.45. The van der Waals surface area contributed by atoms with Crippen molar-refractivity contribution in [2.24, 2.45) is 0 Å². The van der Waals surface area contributed by atoms with Gasteiger partial charge in [0.2, 0.25) is 5.95 Å². The van der Waals surface area contributed by atoms with Crippen molar-refractivity contribution < 1.29 is 0 Å². The van der Waals surface area contributed by atoms with Gasteiger partial charge in [-0.05, 0) is 38.8 Å². The first-order valence-electron chi connectivity index (χ1n) is 16.9. The molecule has 0 saturated carbocycles. The number of nitrogens with one attached hydrogen (secondary N) is 1. The molecule has 0 bridgehead atoms. The molecule has 230 valence electrons. The Morgan fingerprint density at radius 1 is 0.551 bits per heavy atom. The van der Waals surface area contributed by atoms with Crippen molar-refractivity contribution in [3.05, 3.63) is 140 Å². The Balaban J connectivity index is 1.38. The highest BCUT2D eigenvalue weighted by Gasteiger charge is 2.39. The van der Waals surface area contributed by atoms with Crippen molar-refractivity contribution >= 4 is 83.7 Å². The first-order chi connectivity index (χ1) is 24.1. The van der Waals surface area contributed by atoms with Crippen LogP contribution in [0.2, 0.25) is 13.1 Å². The van der Waals surface area contributed by atoms with Crippen LogP contribution in [0.5, 0.6) is 0 Å². The molecule has 4 nitrogen and oxygen atoms in total. The number of rotatable bonds is 2. The molecule has 0 atom stereocenters. The minimum absolute atomic E-state index is 0.685. The molecule has 1 aliphatic rings. The molecule has 10 aromatic rings. The average molecular weight is 643 g/mol. The first kappa shape index (κ1) is 27.0. The fraction of sp³-hybridized carbons (Fsp3) is 0.0455. The molecule has 11 rings (SSSR count). The molecule has 0 amide bonds. The molecule has 0 spiro atoms. The molecule has 0 unspecified atom stereocenters. The van der Waals surface area contributed by atoms with E-state index in [0.717, 1.165) is 44.2 Å². The van der Waals surface area contributed by atoms with E-state index < -0.39 is 8.07 Å². The number of fused-ring (bicyclic) bond motifs is 15. The van der Waals surface area contributed by atoms with Gasteiger partial charge in [0, 0.05) is 43.6 Å². The third-order valence-electron chi connectivity index (χ3n) is 10.9. The van der Waals surface area contributed by atoms with E-state index in [4.69, 9.17) is 9.97 Å². The number of para-hydroxylation sites is 2. The summed E-state index contributed by atoms with van der Waals surface area (Å²) in [4.78, 5) is 15.0. The van der Waals surface area contributed by atoms with Gasteiger partial charge >= 0.3 is 0 Å². The Kier molecular flexibility index (Phi) is 5.24. The number of hydrogen-bond acceptors (Lipinski definition) is 2. The Morgan fingerprint density at radius 2 is 1.22 bits per heavy atom. The molecule has 49 heavy (non-hydrogen) atoms. The van der Waals surface area contributed by atoms with E-state index in [2.05, 4.69) is 162 Å². The minimum Gasteiger partial charge on any atom is -0.353 e. The van der Waals surface area contributed by atoms with Crippen LogP contribution in [0.25, 0.3) is 93.6 Å². The minimum atomic E-state index is -1.92. The summed E-state index contributed by atoms with van der Waals surface area (Å²) in [5.41, 5.74) is 10.1. The smallest absolute Gasteiger partial charge is 0.235 e. The number of aromatic amines is 1. The van der Waals surface area contributed by atoms with E-state index in [-0.39, 0.29) is 0 Å². The molecule has 7 aromatic carbocycles. The molecule has 0 aliphatic carbocycles. The largest absolute Gasteiger partial charge is 0.353 e. The van der Waals surface area contributed by atoms with E-state index in [9.17, 15) is 0 Å². The predicted molar refractivity (Wildman–Crippen MR) is 208 cm³/mol. The fourth-order valence-corrected chi connectivity index (χ4v) is 11.8. The number of nitrogens with zero attached hydrogens (tertiary/aromatic N) is 3. The summed E-state index contributed by atoms with van der Waals surface area (Å²) < 4.78 is 2.32. The normalized spacial score (nSPS) is 13.7. The maximum Gasteiger partial charge on any atom is 0.235 e. The van der Waals surface area contributed by atoms with E-state index in [0.29, 0.717) is 5.95 Å². The molecule has 4 heterocycles. The molecule has 5 heteroatoms. The van der Waals surface area contributed by atoms with Crippen molar-refractivity contribution in [3.8, 4) is 28.3 Å². The third kappa shape index (κ3) is 3.47. The highest BCUT2D eigenvalue weighted by atomic mass is 28.3.